The van der Waals surface area contributed by atoms with Crippen LogP contribution in [0.3, 0.4) is 0 Å². The largest absolute Gasteiger partial charge is 0.506 e. The second-order valence-corrected chi connectivity index (χ2v) is 21.8. The van der Waals surface area contributed by atoms with Crippen molar-refractivity contribution in [2.24, 2.45) is 17.8 Å². The van der Waals surface area contributed by atoms with E-state index in [0.29, 0.717) is 71.6 Å². The SMILES string of the molecule is CC1CCCN(c2ccc(-c3ncc(NCc4ccccn4)cc3O)nn2)C1.CC1CCCN(c2ccc(-c3ncc(NCc4cccnc4)cc3O)nn2)C1.CC1CCCN(c2ccc(-c3ncc(NCc4ccncc4)cc3O)nn2)C1. The third kappa shape index (κ3) is 15.9. The number of pyridine rings is 6. The summed E-state index contributed by atoms with van der Waals surface area (Å²) in [4.78, 5) is 32.3. The second-order valence-electron chi connectivity index (χ2n) is 21.8. The highest BCUT2D eigenvalue weighted by atomic mass is 16.3. The van der Waals surface area contributed by atoms with Gasteiger partial charge in [0, 0.05) is 102 Å². The van der Waals surface area contributed by atoms with Crippen molar-refractivity contribution in [1.29, 1.82) is 0 Å². The molecule has 0 saturated carbocycles. The summed E-state index contributed by atoms with van der Waals surface area (Å²) in [6.45, 7) is 14.7. The van der Waals surface area contributed by atoms with Crippen LogP contribution in [0.4, 0.5) is 34.5 Å². The maximum atomic E-state index is 10.4. The van der Waals surface area contributed by atoms with Crippen LogP contribution in [-0.4, -0.2) is 115 Å². The molecule has 3 aliphatic heterocycles. The van der Waals surface area contributed by atoms with Crippen LogP contribution in [0.1, 0.15) is 76.1 Å². The number of nitrogens with zero attached hydrogens (tertiary/aromatic N) is 15. The lowest BCUT2D eigenvalue weighted by Gasteiger charge is -2.31. The standard InChI is InChI=1S/3C21H24N6O/c1-15-4-3-9-27(14-15)20-7-6-18(25-26-20)21-19(28)10-17(13-24-21)23-12-16-5-2-8-22-11-16;1-15-3-2-10-27(14-15)20-5-4-18(25-26-20)21-19(28)11-17(13-24-21)23-12-16-6-8-22-9-7-16;1-15-5-4-10-27(14-15)20-8-7-18(25-26-20)21-19(28)11-17(13-24-21)23-12-16-6-2-3-9-22-16/h2,5-8,10-11,13,15,23,28H,3-4,9,12,14H2,1H3;4-9,11,13,15,23,28H,2-3,10,12,14H2,1H3;2-3,6-9,11,13,15,23,28H,4-5,10,12,14H2,1H3. The number of aromatic nitrogens is 12. The van der Waals surface area contributed by atoms with Gasteiger partial charge < -0.3 is 46.0 Å². The number of hydrogen-bond donors (Lipinski definition) is 6. The fourth-order valence-electron chi connectivity index (χ4n) is 10.4. The Kier molecular flexibility index (Phi) is 19.4. The smallest absolute Gasteiger partial charge is 0.151 e. The maximum absolute atomic E-state index is 10.4. The molecule has 0 aromatic carbocycles. The van der Waals surface area contributed by atoms with Crippen LogP contribution in [0, 0.1) is 17.8 Å². The van der Waals surface area contributed by atoms with Crippen molar-refractivity contribution >= 4 is 34.5 Å². The molecule has 21 nitrogen and oxygen atoms in total. The molecule has 84 heavy (non-hydrogen) atoms. The Morgan fingerprint density at radius 2 is 0.857 bits per heavy atom. The van der Waals surface area contributed by atoms with Crippen LogP contribution in [0.5, 0.6) is 17.2 Å². The lowest BCUT2D eigenvalue weighted by atomic mass is 10.0. The van der Waals surface area contributed by atoms with E-state index >= 15 is 0 Å². The zero-order valence-corrected chi connectivity index (χ0v) is 47.7. The van der Waals surface area contributed by atoms with Gasteiger partial charge in [-0.25, -0.2) is 15.0 Å². The van der Waals surface area contributed by atoms with E-state index < -0.39 is 0 Å². The Bertz CT molecular complexity index is 3120. The first-order chi connectivity index (χ1) is 41.1. The summed E-state index contributed by atoms with van der Waals surface area (Å²) in [5.41, 5.74) is 8.24. The highest BCUT2D eigenvalue weighted by Crippen LogP contribution is 2.33. The van der Waals surface area contributed by atoms with E-state index in [1.807, 2.05) is 78.9 Å². The summed E-state index contributed by atoms with van der Waals surface area (Å²) < 4.78 is 0. The number of anilines is 6. The van der Waals surface area contributed by atoms with Crippen LogP contribution in [0.2, 0.25) is 0 Å². The van der Waals surface area contributed by atoms with Gasteiger partial charge in [-0.2, -0.15) is 0 Å². The number of rotatable bonds is 15. The lowest BCUT2D eigenvalue weighted by Crippen LogP contribution is -2.34. The Balaban J connectivity index is 0.000000140. The number of nitrogens with one attached hydrogen (secondary N) is 3. The monoisotopic (exact) mass is 1130 g/mol. The molecule has 6 N–H and O–H groups in total. The van der Waals surface area contributed by atoms with Gasteiger partial charge in [0.15, 0.2) is 17.5 Å². The quantitative estimate of drug-likeness (QED) is 0.0557. The molecule has 9 aromatic heterocycles. The van der Waals surface area contributed by atoms with E-state index in [1.54, 1.807) is 67.8 Å². The van der Waals surface area contributed by atoms with Gasteiger partial charge in [0.2, 0.25) is 0 Å². The average Bonchev–Trinajstić information content (AvgIpc) is 3.66. The molecule has 12 heterocycles. The third-order valence-corrected chi connectivity index (χ3v) is 14.9. The summed E-state index contributed by atoms with van der Waals surface area (Å²) >= 11 is 0. The van der Waals surface area contributed by atoms with Crippen LogP contribution < -0.4 is 30.7 Å². The molecule has 3 unspecified atom stereocenters. The molecule has 0 aliphatic carbocycles. The topological polar surface area (TPSA) is 261 Å². The Morgan fingerprint density at radius 1 is 0.417 bits per heavy atom. The molecule has 12 rings (SSSR count). The zero-order valence-electron chi connectivity index (χ0n) is 47.7. The fraction of sp³-hybridized carbons (Fsp3) is 0.333. The van der Waals surface area contributed by atoms with Crippen molar-refractivity contribution in [1.82, 2.24) is 60.5 Å². The maximum Gasteiger partial charge on any atom is 0.151 e. The van der Waals surface area contributed by atoms with Gasteiger partial charge in [0.05, 0.1) is 47.9 Å². The highest BCUT2D eigenvalue weighted by Gasteiger charge is 2.22. The normalized spacial score (nSPS) is 16.8. The van der Waals surface area contributed by atoms with Crippen molar-refractivity contribution in [3.63, 3.8) is 0 Å². The predicted octanol–water partition coefficient (Wildman–Crippen LogP) is 10.5. The number of hydrogen-bond acceptors (Lipinski definition) is 21. The van der Waals surface area contributed by atoms with E-state index in [2.05, 4.69) is 112 Å². The van der Waals surface area contributed by atoms with Crippen LogP contribution in [0.25, 0.3) is 34.2 Å². The average molecular weight is 1130 g/mol. The molecule has 432 valence electrons. The molecule has 0 bridgehead atoms. The van der Waals surface area contributed by atoms with Crippen molar-refractivity contribution in [3.05, 3.63) is 163 Å². The molecule has 0 amide bonds. The van der Waals surface area contributed by atoms with E-state index in [-0.39, 0.29) is 17.2 Å². The molecule has 9 aromatic rings. The molecular weight excluding hydrogens is 1060 g/mol. The van der Waals surface area contributed by atoms with Crippen LogP contribution >= 0.6 is 0 Å². The van der Waals surface area contributed by atoms with Crippen molar-refractivity contribution in [2.75, 3.05) is 69.9 Å². The molecule has 0 spiro atoms. The summed E-state index contributed by atoms with van der Waals surface area (Å²) in [6, 6.07) is 29.9. The van der Waals surface area contributed by atoms with E-state index in [4.69, 9.17) is 0 Å². The molecule has 21 heteroatoms. The first-order valence-electron chi connectivity index (χ1n) is 28.8. The zero-order chi connectivity index (χ0) is 58.0. The molecule has 3 saturated heterocycles. The minimum atomic E-state index is 0.0691. The number of piperidine rings is 3. The fourth-order valence-corrected chi connectivity index (χ4v) is 10.4. The summed E-state index contributed by atoms with van der Waals surface area (Å²) in [5, 5.41) is 66.8. The Labute approximate surface area is 489 Å². The van der Waals surface area contributed by atoms with E-state index in [9.17, 15) is 15.3 Å². The highest BCUT2D eigenvalue weighted by molar-refractivity contribution is 5.68. The molecule has 3 atom stereocenters. The third-order valence-electron chi connectivity index (χ3n) is 14.9. The van der Waals surface area contributed by atoms with E-state index in [1.165, 1.54) is 38.5 Å². The lowest BCUT2D eigenvalue weighted by molar-refractivity contribution is 0.443. The van der Waals surface area contributed by atoms with Crippen molar-refractivity contribution in [3.8, 4) is 51.4 Å². The van der Waals surface area contributed by atoms with E-state index in [0.717, 1.165) is 90.6 Å². The minimum absolute atomic E-state index is 0.0691. The molecule has 0 radical (unpaired) electrons. The molecule has 3 fully saturated rings. The first-order valence-corrected chi connectivity index (χ1v) is 28.8. The predicted molar refractivity (Wildman–Crippen MR) is 327 cm³/mol. The van der Waals surface area contributed by atoms with Crippen LogP contribution in [0.15, 0.2) is 147 Å². The van der Waals surface area contributed by atoms with Gasteiger partial charge in [-0.05, 0) is 134 Å². The van der Waals surface area contributed by atoms with Crippen LogP contribution in [-0.2, 0) is 19.6 Å². The summed E-state index contributed by atoms with van der Waals surface area (Å²) in [5.74, 6) is 4.88. The minimum Gasteiger partial charge on any atom is -0.506 e. The summed E-state index contributed by atoms with van der Waals surface area (Å²) in [7, 11) is 0. The van der Waals surface area contributed by atoms with Gasteiger partial charge >= 0.3 is 0 Å². The first kappa shape index (κ1) is 57.6. The van der Waals surface area contributed by atoms with Crippen molar-refractivity contribution in [2.45, 2.75) is 78.9 Å². The Hall–Kier alpha value is -9.66. The molecular formula is C63H72N18O3. The molecule has 3 aliphatic rings. The van der Waals surface area contributed by atoms with Gasteiger partial charge in [-0.15, -0.1) is 30.6 Å². The van der Waals surface area contributed by atoms with Crippen molar-refractivity contribution < 1.29 is 15.3 Å². The number of aromatic hydroxyl groups is 3. The van der Waals surface area contributed by atoms with Gasteiger partial charge in [-0.1, -0.05) is 32.9 Å². The van der Waals surface area contributed by atoms with Gasteiger partial charge in [0.25, 0.3) is 0 Å². The van der Waals surface area contributed by atoms with Gasteiger partial charge in [-0.3, -0.25) is 15.0 Å². The Morgan fingerprint density at radius 3 is 1.23 bits per heavy atom. The van der Waals surface area contributed by atoms with Gasteiger partial charge in [0.1, 0.15) is 51.4 Å². The second kappa shape index (κ2) is 28.4. The summed E-state index contributed by atoms with van der Waals surface area (Å²) in [6.07, 6.45) is 21.2.